The number of amides is 1. The minimum absolute atomic E-state index is 0.216. The standard InChI is InChI=1S/C18H22N4O2/c1-11-7-6-8-12(2)15(11)19-20-17(23)16-13-9-4-5-10-14(13)18(24)22(3)21-16/h4-5,9-12H,6-8H2,1-3H3,(H,20,23)/t11-,12+. The third-order valence-corrected chi connectivity index (χ3v) is 4.74. The zero-order valence-corrected chi connectivity index (χ0v) is 14.2. The maximum atomic E-state index is 12.6. The van der Waals surface area contributed by atoms with Crippen molar-refractivity contribution in [2.45, 2.75) is 33.1 Å². The molecule has 126 valence electrons. The molecule has 3 rings (SSSR count). The van der Waals surface area contributed by atoms with E-state index in [0.29, 0.717) is 22.6 Å². The lowest BCUT2D eigenvalue weighted by atomic mass is 9.81. The van der Waals surface area contributed by atoms with Crippen molar-refractivity contribution in [3.8, 4) is 0 Å². The fraction of sp³-hybridized carbons (Fsp3) is 0.444. The Kier molecular flexibility index (Phi) is 4.46. The molecule has 1 aliphatic rings. The summed E-state index contributed by atoms with van der Waals surface area (Å²) in [5, 5.41) is 9.52. The van der Waals surface area contributed by atoms with E-state index in [1.165, 1.54) is 11.1 Å². The lowest BCUT2D eigenvalue weighted by Crippen LogP contribution is -2.31. The third-order valence-electron chi connectivity index (χ3n) is 4.74. The number of nitrogens with one attached hydrogen (secondary N) is 1. The molecule has 1 N–H and O–H groups in total. The Bertz CT molecular complexity index is 857. The summed E-state index contributed by atoms with van der Waals surface area (Å²) in [6.45, 7) is 4.28. The fourth-order valence-electron chi connectivity index (χ4n) is 3.37. The number of hydrazone groups is 1. The van der Waals surface area contributed by atoms with E-state index in [4.69, 9.17) is 0 Å². The van der Waals surface area contributed by atoms with E-state index in [-0.39, 0.29) is 17.2 Å². The number of benzene rings is 1. The molecule has 24 heavy (non-hydrogen) atoms. The van der Waals surface area contributed by atoms with Gasteiger partial charge in [0.05, 0.1) is 5.39 Å². The van der Waals surface area contributed by atoms with Crippen LogP contribution in [0.5, 0.6) is 0 Å². The van der Waals surface area contributed by atoms with E-state index < -0.39 is 0 Å². The highest BCUT2D eigenvalue weighted by atomic mass is 16.2. The van der Waals surface area contributed by atoms with E-state index >= 15 is 0 Å². The SMILES string of the molecule is C[C@@H]1CCC[C@H](C)C1=NNC(=O)c1nn(C)c(=O)c2ccccc12. The molecule has 6 heteroatoms. The maximum absolute atomic E-state index is 12.6. The van der Waals surface area contributed by atoms with E-state index in [1.807, 2.05) is 0 Å². The quantitative estimate of drug-likeness (QED) is 0.861. The van der Waals surface area contributed by atoms with Gasteiger partial charge in [-0.25, -0.2) is 10.1 Å². The van der Waals surface area contributed by atoms with Gasteiger partial charge in [0.1, 0.15) is 0 Å². The lowest BCUT2D eigenvalue weighted by molar-refractivity contribution is 0.0949. The largest absolute Gasteiger partial charge is 0.292 e. The summed E-state index contributed by atoms with van der Waals surface area (Å²) < 4.78 is 1.19. The molecule has 0 spiro atoms. The Morgan fingerprint density at radius 1 is 1.21 bits per heavy atom. The Hall–Kier alpha value is -2.50. The highest BCUT2D eigenvalue weighted by Gasteiger charge is 2.23. The molecule has 1 fully saturated rings. The van der Waals surface area contributed by atoms with Gasteiger partial charge in [0.25, 0.3) is 11.5 Å². The van der Waals surface area contributed by atoms with Crippen molar-refractivity contribution < 1.29 is 4.79 Å². The highest BCUT2D eigenvalue weighted by Crippen LogP contribution is 2.25. The number of fused-ring (bicyclic) bond motifs is 1. The molecule has 0 saturated heterocycles. The zero-order chi connectivity index (χ0) is 17.3. The zero-order valence-electron chi connectivity index (χ0n) is 14.2. The first-order chi connectivity index (χ1) is 11.5. The van der Waals surface area contributed by atoms with Crippen LogP contribution in [-0.4, -0.2) is 21.4 Å². The number of aryl methyl sites for hydroxylation is 1. The normalized spacial score (nSPS) is 22.7. The maximum Gasteiger partial charge on any atom is 0.292 e. The minimum Gasteiger partial charge on any atom is -0.267 e. The number of nitrogens with zero attached hydrogens (tertiary/aromatic N) is 3. The Labute approximate surface area is 140 Å². The summed E-state index contributed by atoms with van der Waals surface area (Å²) in [5.74, 6) is 0.358. The molecule has 1 aromatic carbocycles. The first-order valence-electron chi connectivity index (χ1n) is 8.33. The van der Waals surface area contributed by atoms with Crippen LogP contribution < -0.4 is 11.0 Å². The van der Waals surface area contributed by atoms with Crippen molar-refractivity contribution in [3.63, 3.8) is 0 Å². The molecule has 0 aliphatic heterocycles. The predicted molar refractivity (Wildman–Crippen MR) is 94.1 cm³/mol. The van der Waals surface area contributed by atoms with E-state index in [1.54, 1.807) is 31.3 Å². The van der Waals surface area contributed by atoms with Crippen LogP contribution in [0, 0.1) is 11.8 Å². The Morgan fingerprint density at radius 3 is 2.50 bits per heavy atom. The number of carbonyl (C=O) groups excluding carboxylic acids is 1. The summed E-state index contributed by atoms with van der Waals surface area (Å²) in [7, 11) is 1.54. The lowest BCUT2D eigenvalue weighted by Gasteiger charge is -2.26. The van der Waals surface area contributed by atoms with E-state index in [9.17, 15) is 9.59 Å². The first kappa shape index (κ1) is 16.4. The second kappa shape index (κ2) is 6.55. The van der Waals surface area contributed by atoms with Gasteiger partial charge in [0.2, 0.25) is 0 Å². The van der Waals surface area contributed by atoms with Crippen molar-refractivity contribution in [1.82, 2.24) is 15.2 Å². The first-order valence-corrected chi connectivity index (χ1v) is 8.33. The van der Waals surface area contributed by atoms with Crippen LogP contribution in [0.3, 0.4) is 0 Å². The van der Waals surface area contributed by atoms with Crippen molar-refractivity contribution in [3.05, 3.63) is 40.3 Å². The monoisotopic (exact) mass is 326 g/mol. The number of hydrogen-bond donors (Lipinski definition) is 1. The van der Waals surface area contributed by atoms with E-state index in [2.05, 4.69) is 29.5 Å². The van der Waals surface area contributed by atoms with Crippen LogP contribution in [0.15, 0.2) is 34.2 Å². The molecule has 1 heterocycles. The predicted octanol–water partition coefficient (Wildman–Crippen LogP) is 2.48. The minimum atomic E-state index is -0.390. The second-order valence-electron chi connectivity index (χ2n) is 6.53. The molecule has 1 aliphatic carbocycles. The van der Waals surface area contributed by atoms with Gasteiger partial charge in [-0.05, 0) is 30.7 Å². The van der Waals surface area contributed by atoms with Gasteiger partial charge in [-0.1, -0.05) is 38.5 Å². The molecule has 2 atom stereocenters. The summed E-state index contributed by atoms with van der Waals surface area (Å²) in [6.07, 6.45) is 3.39. The van der Waals surface area contributed by atoms with Crippen LogP contribution in [0.4, 0.5) is 0 Å². The summed E-state index contributed by atoms with van der Waals surface area (Å²) >= 11 is 0. The Morgan fingerprint density at radius 2 is 1.83 bits per heavy atom. The molecule has 0 unspecified atom stereocenters. The summed E-state index contributed by atoms with van der Waals surface area (Å²) in [4.78, 5) is 24.7. The fourth-order valence-corrected chi connectivity index (χ4v) is 3.37. The Balaban J connectivity index is 1.95. The molecule has 1 aromatic heterocycles. The van der Waals surface area contributed by atoms with Crippen LogP contribution in [-0.2, 0) is 7.05 Å². The smallest absolute Gasteiger partial charge is 0.267 e. The molecular weight excluding hydrogens is 304 g/mol. The summed E-state index contributed by atoms with van der Waals surface area (Å²) in [5.41, 5.74) is 3.67. The topological polar surface area (TPSA) is 76.3 Å². The average molecular weight is 326 g/mol. The van der Waals surface area contributed by atoms with Crippen LogP contribution >= 0.6 is 0 Å². The van der Waals surface area contributed by atoms with Crippen molar-refractivity contribution in [2.24, 2.45) is 24.0 Å². The number of aromatic nitrogens is 2. The van der Waals surface area contributed by atoms with Crippen molar-refractivity contribution >= 4 is 22.4 Å². The molecule has 0 radical (unpaired) electrons. The molecule has 6 nitrogen and oxygen atoms in total. The van der Waals surface area contributed by atoms with Gasteiger partial charge in [0.15, 0.2) is 5.69 Å². The third kappa shape index (κ3) is 2.96. The van der Waals surface area contributed by atoms with E-state index in [0.717, 1.165) is 18.6 Å². The molecule has 1 amide bonds. The molecule has 0 bridgehead atoms. The molecule has 2 aromatic rings. The second-order valence-corrected chi connectivity index (χ2v) is 6.53. The van der Waals surface area contributed by atoms with Crippen LogP contribution in [0.2, 0.25) is 0 Å². The van der Waals surface area contributed by atoms with Gasteiger partial charge in [-0.15, -0.1) is 0 Å². The van der Waals surface area contributed by atoms with Gasteiger partial charge < -0.3 is 0 Å². The van der Waals surface area contributed by atoms with Crippen LogP contribution in [0.1, 0.15) is 43.6 Å². The average Bonchev–Trinajstić information content (AvgIpc) is 2.57. The van der Waals surface area contributed by atoms with Gasteiger partial charge in [0, 0.05) is 18.1 Å². The number of hydrogen-bond acceptors (Lipinski definition) is 4. The number of rotatable bonds is 2. The van der Waals surface area contributed by atoms with Crippen molar-refractivity contribution in [2.75, 3.05) is 0 Å². The molecule has 1 saturated carbocycles. The summed E-state index contributed by atoms with van der Waals surface area (Å²) in [6, 6.07) is 7.00. The highest BCUT2D eigenvalue weighted by molar-refractivity contribution is 6.05. The van der Waals surface area contributed by atoms with Gasteiger partial charge >= 0.3 is 0 Å². The van der Waals surface area contributed by atoms with Crippen molar-refractivity contribution in [1.29, 1.82) is 0 Å². The van der Waals surface area contributed by atoms with Gasteiger partial charge in [-0.2, -0.15) is 10.2 Å². The number of carbonyl (C=O) groups is 1. The van der Waals surface area contributed by atoms with Gasteiger partial charge in [-0.3, -0.25) is 9.59 Å². The molecular formula is C18H22N4O2. The van der Waals surface area contributed by atoms with Crippen LogP contribution in [0.25, 0.3) is 10.8 Å².